The van der Waals surface area contributed by atoms with E-state index in [-0.39, 0.29) is 31.5 Å². The molecule has 13 heteroatoms. The van der Waals surface area contributed by atoms with Gasteiger partial charge in [0.15, 0.2) is 5.75 Å². The molecule has 0 aliphatic rings. The standard InChI is InChI=1S/C24H20F7N3O3/c1-3-9-36-10-8-33-14-15(13-32)19-11-16(23(26,27)28)12-20(24(29,30)31)21(19)37-22(35)34(2)18-6-4-17(25)5-7-18/h1,4-7,11-14H,8-10,32H2,2H3. The van der Waals surface area contributed by atoms with E-state index in [0.717, 1.165) is 42.4 Å². The zero-order valence-corrected chi connectivity index (χ0v) is 19.2. The minimum absolute atomic E-state index is 0.0131. The van der Waals surface area contributed by atoms with Crippen LogP contribution in [0.3, 0.4) is 0 Å². The van der Waals surface area contributed by atoms with Crippen LogP contribution in [0.25, 0.3) is 5.57 Å². The van der Waals surface area contributed by atoms with Crippen LogP contribution >= 0.6 is 0 Å². The van der Waals surface area contributed by atoms with E-state index in [1.165, 1.54) is 0 Å². The Morgan fingerprint density at radius 2 is 1.78 bits per heavy atom. The molecule has 0 aliphatic heterocycles. The summed E-state index contributed by atoms with van der Waals surface area (Å²) >= 11 is 0. The van der Waals surface area contributed by atoms with E-state index in [1.807, 2.05) is 0 Å². The number of benzene rings is 2. The van der Waals surface area contributed by atoms with Crippen molar-refractivity contribution in [2.24, 2.45) is 10.7 Å². The van der Waals surface area contributed by atoms with Gasteiger partial charge in [-0.2, -0.15) is 26.3 Å². The summed E-state index contributed by atoms with van der Waals surface area (Å²) in [6, 6.07) is 4.45. The van der Waals surface area contributed by atoms with Crippen molar-refractivity contribution in [1.29, 1.82) is 0 Å². The van der Waals surface area contributed by atoms with E-state index in [0.29, 0.717) is 12.3 Å². The van der Waals surface area contributed by atoms with Crippen LogP contribution in [-0.2, 0) is 17.1 Å². The average Bonchev–Trinajstić information content (AvgIpc) is 2.82. The zero-order chi connectivity index (χ0) is 27.8. The lowest BCUT2D eigenvalue weighted by atomic mass is 9.98. The summed E-state index contributed by atoms with van der Waals surface area (Å²) in [6.45, 7) is -0.0644. The second kappa shape index (κ2) is 12.3. The van der Waals surface area contributed by atoms with Crippen molar-refractivity contribution in [3.8, 4) is 18.1 Å². The van der Waals surface area contributed by atoms with Crippen LogP contribution in [0.2, 0.25) is 0 Å². The summed E-state index contributed by atoms with van der Waals surface area (Å²) in [5, 5.41) is 0. The van der Waals surface area contributed by atoms with Crippen molar-refractivity contribution in [2.75, 3.05) is 31.7 Å². The highest BCUT2D eigenvalue weighted by atomic mass is 19.4. The monoisotopic (exact) mass is 531 g/mol. The SMILES string of the molecule is C#CCOCCN=CC(=CN)c1cc(C(F)(F)F)cc(C(F)(F)F)c1OC(=O)N(C)c1ccc(F)cc1. The van der Waals surface area contributed by atoms with Crippen molar-refractivity contribution >= 4 is 23.6 Å². The van der Waals surface area contributed by atoms with Crippen LogP contribution in [0.5, 0.6) is 5.75 Å². The summed E-state index contributed by atoms with van der Waals surface area (Å²) in [4.78, 5) is 17.3. The molecule has 0 bridgehead atoms. The molecule has 37 heavy (non-hydrogen) atoms. The number of terminal acetylenes is 1. The van der Waals surface area contributed by atoms with Gasteiger partial charge in [0.2, 0.25) is 0 Å². The van der Waals surface area contributed by atoms with E-state index in [2.05, 4.69) is 10.9 Å². The van der Waals surface area contributed by atoms with Gasteiger partial charge in [0, 0.05) is 36.3 Å². The second-order valence-corrected chi connectivity index (χ2v) is 7.21. The Labute approximate surface area is 207 Å². The van der Waals surface area contributed by atoms with Gasteiger partial charge in [0.1, 0.15) is 12.4 Å². The molecule has 2 N–H and O–H groups in total. The lowest BCUT2D eigenvalue weighted by Gasteiger charge is -2.22. The fourth-order valence-corrected chi connectivity index (χ4v) is 2.87. The van der Waals surface area contributed by atoms with Gasteiger partial charge >= 0.3 is 18.4 Å². The maximum absolute atomic E-state index is 13.9. The first-order chi connectivity index (χ1) is 17.3. The molecule has 0 atom stereocenters. The third-order valence-corrected chi connectivity index (χ3v) is 4.67. The number of amides is 1. The molecule has 2 rings (SSSR count). The van der Waals surface area contributed by atoms with Gasteiger partial charge in [0.05, 0.1) is 24.3 Å². The molecule has 0 heterocycles. The molecule has 0 spiro atoms. The summed E-state index contributed by atoms with van der Waals surface area (Å²) < 4.78 is 105. The van der Waals surface area contributed by atoms with Crippen molar-refractivity contribution in [1.82, 2.24) is 0 Å². The number of rotatable bonds is 8. The molecule has 0 fully saturated rings. The number of hydrogen-bond acceptors (Lipinski definition) is 5. The minimum atomic E-state index is -5.36. The number of alkyl halides is 6. The Bertz CT molecular complexity index is 1200. The van der Waals surface area contributed by atoms with Crippen LogP contribution in [-0.4, -0.2) is 39.1 Å². The summed E-state index contributed by atoms with van der Waals surface area (Å²) in [5.74, 6) is 0.332. The average molecular weight is 531 g/mol. The van der Waals surface area contributed by atoms with Gasteiger partial charge in [0.25, 0.3) is 0 Å². The number of hydrogen-bond donors (Lipinski definition) is 1. The Morgan fingerprint density at radius 3 is 2.32 bits per heavy atom. The molecule has 2 aromatic carbocycles. The molecular weight excluding hydrogens is 511 g/mol. The molecule has 0 saturated carbocycles. The summed E-state index contributed by atoms with van der Waals surface area (Å²) in [7, 11) is 1.12. The lowest BCUT2D eigenvalue weighted by molar-refractivity contribution is -0.143. The van der Waals surface area contributed by atoms with E-state index >= 15 is 0 Å². The van der Waals surface area contributed by atoms with Gasteiger partial charge in [-0.05, 0) is 36.4 Å². The maximum atomic E-state index is 13.9. The topological polar surface area (TPSA) is 77.1 Å². The second-order valence-electron chi connectivity index (χ2n) is 7.21. The third kappa shape index (κ3) is 7.97. The molecule has 1 amide bonds. The summed E-state index contributed by atoms with van der Waals surface area (Å²) in [5.41, 5.74) is 0.801. The predicted molar refractivity (Wildman–Crippen MR) is 122 cm³/mol. The maximum Gasteiger partial charge on any atom is 0.420 e. The Morgan fingerprint density at radius 1 is 1.14 bits per heavy atom. The number of carbonyl (C=O) groups is 1. The molecular formula is C24H20F7N3O3. The Hall–Kier alpha value is -4.05. The van der Waals surface area contributed by atoms with Crippen LogP contribution in [0.1, 0.15) is 16.7 Å². The number of nitrogens with two attached hydrogens (primary N) is 1. The number of anilines is 1. The van der Waals surface area contributed by atoms with E-state index < -0.39 is 52.3 Å². The number of nitrogens with zero attached hydrogens (tertiary/aromatic N) is 2. The third-order valence-electron chi connectivity index (χ3n) is 4.67. The number of ether oxygens (including phenoxy) is 2. The van der Waals surface area contributed by atoms with Gasteiger partial charge < -0.3 is 15.2 Å². The van der Waals surface area contributed by atoms with Crippen LogP contribution < -0.4 is 15.4 Å². The minimum Gasteiger partial charge on any atom is -0.409 e. The number of aliphatic imine (C=N–C) groups is 1. The molecule has 0 aliphatic carbocycles. The highest BCUT2D eigenvalue weighted by Crippen LogP contribution is 2.44. The smallest absolute Gasteiger partial charge is 0.409 e. The van der Waals surface area contributed by atoms with Crippen molar-refractivity contribution in [3.63, 3.8) is 0 Å². The van der Waals surface area contributed by atoms with Gasteiger partial charge in [-0.15, -0.1) is 6.42 Å². The molecule has 2 aromatic rings. The van der Waals surface area contributed by atoms with E-state index in [9.17, 15) is 35.5 Å². The molecule has 0 saturated heterocycles. The Balaban J connectivity index is 2.59. The van der Waals surface area contributed by atoms with Gasteiger partial charge in [-0.25, -0.2) is 9.18 Å². The Kier molecular flexibility index (Phi) is 9.67. The number of allylic oxidation sites excluding steroid dienone is 1. The number of halogens is 7. The molecule has 6 nitrogen and oxygen atoms in total. The van der Waals surface area contributed by atoms with Gasteiger partial charge in [-0.3, -0.25) is 9.89 Å². The highest BCUT2D eigenvalue weighted by Gasteiger charge is 2.41. The van der Waals surface area contributed by atoms with Crippen molar-refractivity contribution in [2.45, 2.75) is 12.4 Å². The number of carbonyl (C=O) groups excluding carboxylic acids is 1. The highest BCUT2D eigenvalue weighted by molar-refractivity contribution is 6.11. The predicted octanol–water partition coefficient (Wildman–Crippen LogP) is 5.52. The fraction of sp³-hybridized carbons (Fsp3) is 0.250. The lowest BCUT2D eigenvalue weighted by Crippen LogP contribution is -2.30. The largest absolute Gasteiger partial charge is 0.420 e. The molecule has 0 radical (unpaired) electrons. The summed E-state index contributed by atoms with van der Waals surface area (Å²) in [6.07, 6.45) is -5.29. The zero-order valence-electron chi connectivity index (χ0n) is 19.2. The van der Waals surface area contributed by atoms with Gasteiger partial charge in [-0.1, -0.05) is 5.92 Å². The van der Waals surface area contributed by atoms with E-state index in [4.69, 9.17) is 21.6 Å². The molecule has 0 unspecified atom stereocenters. The first-order valence-electron chi connectivity index (χ1n) is 10.3. The fourth-order valence-electron chi connectivity index (χ4n) is 2.87. The van der Waals surface area contributed by atoms with Crippen LogP contribution in [0.4, 0.5) is 41.2 Å². The van der Waals surface area contributed by atoms with Crippen molar-refractivity contribution < 1.29 is 45.0 Å². The molecule has 198 valence electrons. The first-order valence-corrected chi connectivity index (χ1v) is 10.3. The quantitative estimate of drug-likeness (QED) is 0.211. The molecule has 0 aromatic heterocycles. The van der Waals surface area contributed by atoms with Crippen molar-refractivity contribution in [3.05, 3.63) is 65.1 Å². The van der Waals surface area contributed by atoms with E-state index in [1.54, 1.807) is 0 Å². The van der Waals surface area contributed by atoms with Crippen LogP contribution in [0.15, 0.2) is 47.6 Å². The van der Waals surface area contributed by atoms with Crippen LogP contribution in [0, 0.1) is 18.2 Å². The first kappa shape index (κ1) is 29.2. The normalized spacial score (nSPS) is 12.5.